The van der Waals surface area contributed by atoms with Crippen molar-refractivity contribution in [3.63, 3.8) is 0 Å². The summed E-state index contributed by atoms with van der Waals surface area (Å²) in [7, 11) is 0. The largest absolute Gasteiger partial charge is 0.389 e. The molecule has 1 amide bonds. The Morgan fingerprint density at radius 1 is 1.14 bits per heavy atom. The van der Waals surface area contributed by atoms with E-state index in [-0.39, 0.29) is 18.5 Å². The van der Waals surface area contributed by atoms with Gasteiger partial charge in [0, 0.05) is 22.7 Å². The number of nitrogens with two attached hydrogens (primary N) is 2. The highest BCUT2D eigenvalue weighted by Crippen LogP contribution is 2.30. The minimum atomic E-state index is -0.355. The Morgan fingerprint density at radius 3 is 2.29 bits per heavy atom. The Hall–Kier alpha value is -2.14. The van der Waals surface area contributed by atoms with E-state index in [1.54, 1.807) is 0 Å². The standard InChI is InChI=1S/C16H19N3OS/c1-10(2)19(9-15(17)20)14-8-7-13(16(18)21)11-5-3-4-6-12(11)14/h3-8,10H,9H2,1-2H3,(H2,17,20)(H2,18,21). The third-order valence-corrected chi connectivity index (χ3v) is 3.65. The molecule has 0 radical (unpaired) electrons. The van der Waals surface area contributed by atoms with Crippen LogP contribution < -0.4 is 16.4 Å². The lowest BCUT2D eigenvalue weighted by atomic mass is 10.0. The van der Waals surface area contributed by atoms with Gasteiger partial charge in [0.1, 0.15) is 4.99 Å². The molecule has 0 atom stereocenters. The molecule has 0 fully saturated rings. The first-order valence-corrected chi connectivity index (χ1v) is 7.19. The maximum absolute atomic E-state index is 11.3. The van der Waals surface area contributed by atoms with Crippen molar-refractivity contribution in [2.75, 3.05) is 11.4 Å². The Morgan fingerprint density at radius 2 is 1.76 bits per heavy atom. The minimum Gasteiger partial charge on any atom is -0.389 e. The molecule has 4 nitrogen and oxygen atoms in total. The highest BCUT2D eigenvalue weighted by molar-refractivity contribution is 7.80. The van der Waals surface area contributed by atoms with Crippen molar-refractivity contribution >= 4 is 39.6 Å². The summed E-state index contributed by atoms with van der Waals surface area (Å²) in [5, 5.41) is 2.00. The van der Waals surface area contributed by atoms with Gasteiger partial charge in [-0.25, -0.2) is 0 Å². The average Bonchev–Trinajstić information content (AvgIpc) is 2.43. The van der Waals surface area contributed by atoms with E-state index in [0.717, 1.165) is 22.0 Å². The molecule has 0 aliphatic carbocycles. The number of primary amides is 1. The summed E-state index contributed by atoms with van der Waals surface area (Å²) in [6.07, 6.45) is 0. The number of thiocarbonyl (C=S) groups is 1. The third-order valence-electron chi connectivity index (χ3n) is 3.43. The monoisotopic (exact) mass is 301 g/mol. The smallest absolute Gasteiger partial charge is 0.236 e. The fraction of sp³-hybridized carbons (Fsp3) is 0.250. The van der Waals surface area contributed by atoms with Gasteiger partial charge in [-0.15, -0.1) is 0 Å². The molecule has 4 N–H and O–H groups in total. The van der Waals surface area contributed by atoms with Crippen molar-refractivity contribution in [2.45, 2.75) is 19.9 Å². The van der Waals surface area contributed by atoms with E-state index in [9.17, 15) is 4.79 Å². The zero-order valence-electron chi connectivity index (χ0n) is 12.2. The minimum absolute atomic E-state index is 0.150. The summed E-state index contributed by atoms with van der Waals surface area (Å²) in [6.45, 7) is 4.23. The molecule has 0 aliphatic heterocycles. The van der Waals surface area contributed by atoms with Gasteiger partial charge in [-0.2, -0.15) is 0 Å². The number of anilines is 1. The molecule has 0 heterocycles. The molecule has 0 spiro atoms. The first-order valence-electron chi connectivity index (χ1n) is 6.78. The van der Waals surface area contributed by atoms with Gasteiger partial charge in [0.15, 0.2) is 0 Å². The first kappa shape index (κ1) is 15.3. The van der Waals surface area contributed by atoms with Crippen molar-refractivity contribution < 1.29 is 4.79 Å². The van der Waals surface area contributed by atoms with Crippen LogP contribution in [0.5, 0.6) is 0 Å². The van der Waals surface area contributed by atoms with E-state index in [0.29, 0.717) is 4.99 Å². The highest BCUT2D eigenvalue weighted by Gasteiger charge is 2.17. The summed E-state index contributed by atoms with van der Waals surface area (Å²) in [5.41, 5.74) is 13.0. The predicted molar refractivity (Wildman–Crippen MR) is 91.5 cm³/mol. The van der Waals surface area contributed by atoms with Crippen LogP contribution in [0.15, 0.2) is 36.4 Å². The van der Waals surface area contributed by atoms with Crippen LogP contribution in [0.4, 0.5) is 5.69 Å². The summed E-state index contributed by atoms with van der Waals surface area (Å²) in [5.74, 6) is -0.355. The molecule has 110 valence electrons. The van der Waals surface area contributed by atoms with Crippen LogP contribution in [0.1, 0.15) is 19.4 Å². The number of carbonyl (C=O) groups excluding carboxylic acids is 1. The van der Waals surface area contributed by atoms with Crippen LogP contribution >= 0.6 is 12.2 Å². The van der Waals surface area contributed by atoms with Crippen molar-refractivity contribution in [1.82, 2.24) is 0 Å². The van der Waals surface area contributed by atoms with Gasteiger partial charge in [-0.3, -0.25) is 4.79 Å². The molecular weight excluding hydrogens is 282 g/mol. The molecule has 0 aromatic heterocycles. The predicted octanol–water partition coefficient (Wildman–Crippen LogP) is 2.17. The normalized spacial score (nSPS) is 10.8. The van der Waals surface area contributed by atoms with Gasteiger partial charge in [0.25, 0.3) is 0 Å². The first-order chi connectivity index (χ1) is 9.91. The van der Waals surface area contributed by atoms with E-state index >= 15 is 0 Å². The van der Waals surface area contributed by atoms with Crippen LogP contribution in [0.25, 0.3) is 10.8 Å². The number of amides is 1. The van der Waals surface area contributed by atoms with Crippen molar-refractivity contribution in [3.05, 3.63) is 42.0 Å². The zero-order chi connectivity index (χ0) is 15.6. The summed E-state index contributed by atoms with van der Waals surface area (Å²) in [4.78, 5) is 13.7. The number of benzene rings is 2. The van der Waals surface area contributed by atoms with Gasteiger partial charge in [-0.05, 0) is 31.4 Å². The number of fused-ring (bicyclic) bond motifs is 1. The van der Waals surface area contributed by atoms with Gasteiger partial charge >= 0.3 is 0 Å². The Bertz CT molecular complexity index is 697. The lowest BCUT2D eigenvalue weighted by molar-refractivity contribution is -0.116. The lowest BCUT2D eigenvalue weighted by Crippen LogP contribution is -2.38. The number of hydrogen-bond acceptors (Lipinski definition) is 3. The molecule has 0 saturated carbocycles. The van der Waals surface area contributed by atoms with Crippen molar-refractivity contribution in [3.8, 4) is 0 Å². The van der Waals surface area contributed by atoms with Crippen molar-refractivity contribution in [2.24, 2.45) is 11.5 Å². The number of carbonyl (C=O) groups is 1. The van der Waals surface area contributed by atoms with E-state index in [2.05, 4.69) is 0 Å². The van der Waals surface area contributed by atoms with Crippen LogP contribution in [0.2, 0.25) is 0 Å². The van der Waals surface area contributed by atoms with Crippen LogP contribution in [-0.4, -0.2) is 23.5 Å². The molecule has 0 bridgehead atoms. The second kappa shape index (κ2) is 6.10. The van der Waals surface area contributed by atoms with E-state index in [1.165, 1.54) is 0 Å². The van der Waals surface area contributed by atoms with E-state index in [1.807, 2.05) is 55.1 Å². The molecule has 2 rings (SSSR count). The topological polar surface area (TPSA) is 72.3 Å². The second-order valence-corrected chi connectivity index (χ2v) is 5.67. The molecule has 5 heteroatoms. The molecule has 21 heavy (non-hydrogen) atoms. The quantitative estimate of drug-likeness (QED) is 0.830. The second-order valence-electron chi connectivity index (χ2n) is 5.23. The summed E-state index contributed by atoms with van der Waals surface area (Å²) in [6, 6.07) is 11.9. The fourth-order valence-electron chi connectivity index (χ4n) is 2.46. The zero-order valence-corrected chi connectivity index (χ0v) is 13.0. The number of nitrogens with zero attached hydrogens (tertiary/aromatic N) is 1. The fourth-order valence-corrected chi connectivity index (χ4v) is 2.64. The Balaban J connectivity index is 2.66. The van der Waals surface area contributed by atoms with Gasteiger partial charge < -0.3 is 16.4 Å². The van der Waals surface area contributed by atoms with Crippen molar-refractivity contribution in [1.29, 1.82) is 0 Å². The van der Waals surface area contributed by atoms with Crippen LogP contribution in [-0.2, 0) is 4.79 Å². The SMILES string of the molecule is CC(C)N(CC(N)=O)c1ccc(C(N)=S)c2ccccc12. The number of rotatable bonds is 5. The molecule has 2 aromatic rings. The van der Waals surface area contributed by atoms with E-state index < -0.39 is 0 Å². The van der Waals surface area contributed by atoms with Crippen LogP contribution in [0, 0.1) is 0 Å². The highest BCUT2D eigenvalue weighted by atomic mass is 32.1. The summed E-state index contributed by atoms with van der Waals surface area (Å²) < 4.78 is 0. The van der Waals surface area contributed by atoms with Crippen LogP contribution in [0.3, 0.4) is 0 Å². The lowest BCUT2D eigenvalue weighted by Gasteiger charge is -2.29. The number of hydrogen-bond donors (Lipinski definition) is 2. The van der Waals surface area contributed by atoms with Gasteiger partial charge in [-0.1, -0.05) is 36.5 Å². The molecule has 0 unspecified atom stereocenters. The maximum Gasteiger partial charge on any atom is 0.236 e. The van der Waals surface area contributed by atoms with Gasteiger partial charge in [0.2, 0.25) is 5.91 Å². The third kappa shape index (κ3) is 3.13. The van der Waals surface area contributed by atoms with E-state index in [4.69, 9.17) is 23.7 Å². The maximum atomic E-state index is 11.3. The van der Waals surface area contributed by atoms with Gasteiger partial charge in [0.05, 0.1) is 6.54 Å². The Labute approximate surface area is 129 Å². The molecule has 0 saturated heterocycles. The Kier molecular flexibility index (Phi) is 4.43. The average molecular weight is 301 g/mol. The molecular formula is C16H19N3OS. The summed E-state index contributed by atoms with van der Waals surface area (Å²) >= 11 is 5.11. The molecule has 0 aliphatic rings. The molecule has 2 aromatic carbocycles.